The van der Waals surface area contributed by atoms with Gasteiger partial charge in [-0.05, 0) is 58.2 Å². The molecule has 4 aromatic carbocycles. The molecule has 1 heterocycles. The molecule has 0 bridgehead atoms. The molecule has 0 saturated carbocycles. The van der Waals surface area contributed by atoms with Gasteiger partial charge in [0.2, 0.25) is 0 Å². The van der Waals surface area contributed by atoms with Crippen LogP contribution in [0.3, 0.4) is 0 Å². The second-order valence-corrected chi connectivity index (χ2v) is 10.1. The van der Waals surface area contributed by atoms with E-state index < -0.39 is 0 Å². The number of benzene rings is 4. The zero-order valence-corrected chi connectivity index (χ0v) is 21.5. The molecule has 4 nitrogen and oxygen atoms in total. The van der Waals surface area contributed by atoms with Gasteiger partial charge in [0.15, 0.2) is 0 Å². The van der Waals surface area contributed by atoms with Gasteiger partial charge >= 0.3 is 0 Å². The number of carbonyl (C=O) groups is 1. The molecule has 1 aliphatic heterocycles. The summed E-state index contributed by atoms with van der Waals surface area (Å²) in [6, 6.07) is 25.7. The Hall–Kier alpha value is -4.05. The number of anilines is 2. The molecule has 4 aromatic rings. The summed E-state index contributed by atoms with van der Waals surface area (Å²) >= 11 is 0. The number of piperazine rings is 1. The van der Waals surface area contributed by atoms with Crippen molar-refractivity contribution < 1.29 is 4.79 Å². The van der Waals surface area contributed by atoms with E-state index in [0.29, 0.717) is 5.56 Å². The Kier molecular flexibility index (Phi) is 5.96. The monoisotopic (exact) mass is 487 g/mol. The molecule has 0 radical (unpaired) electrons. The Morgan fingerprint density at radius 1 is 0.865 bits per heavy atom. The van der Waals surface area contributed by atoms with Gasteiger partial charge in [0.25, 0.3) is 5.91 Å². The van der Waals surface area contributed by atoms with E-state index in [9.17, 15) is 4.79 Å². The van der Waals surface area contributed by atoms with Crippen LogP contribution in [-0.2, 0) is 6.42 Å². The number of hydrogen-bond acceptors (Lipinski definition) is 3. The van der Waals surface area contributed by atoms with Crippen LogP contribution in [-0.4, -0.2) is 32.1 Å². The molecule has 0 aromatic heterocycles. The van der Waals surface area contributed by atoms with Crippen LogP contribution in [0.15, 0.2) is 79.4 Å². The first kappa shape index (κ1) is 23.4. The average Bonchev–Trinajstić information content (AvgIpc) is 3.22. The third-order valence-corrected chi connectivity index (χ3v) is 7.98. The number of rotatable bonds is 6. The minimum Gasteiger partial charge on any atom is -0.367 e. The minimum atomic E-state index is -0.343. The molecule has 6 rings (SSSR count). The summed E-state index contributed by atoms with van der Waals surface area (Å²) in [6.45, 7) is 10.1. The highest BCUT2D eigenvalue weighted by Gasteiger charge is 2.33. The van der Waals surface area contributed by atoms with Crippen LogP contribution in [0.5, 0.6) is 0 Å². The maximum Gasteiger partial charge on any atom is 0.251 e. The number of unbranched alkanes of at least 4 members (excludes halogenated alkanes) is 1. The molecule has 1 aliphatic carbocycles. The molecule has 1 fully saturated rings. The average molecular weight is 488 g/mol. The maximum atomic E-state index is 13.0. The number of primary amides is 1. The molecule has 0 spiro atoms. The zero-order valence-electron chi connectivity index (χ0n) is 21.5. The molecular formula is C33H33N3O. The van der Waals surface area contributed by atoms with Crippen LogP contribution in [0.1, 0.15) is 46.8 Å². The summed E-state index contributed by atoms with van der Waals surface area (Å²) in [7, 11) is 0. The Morgan fingerprint density at radius 3 is 2.30 bits per heavy atom. The van der Waals surface area contributed by atoms with Gasteiger partial charge in [0, 0.05) is 42.8 Å². The molecule has 1 saturated heterocycles. The van der Waals surface area contributed by atoms with Gasteiger partial charge in [-0.3, -0.25) is 4.79 Å². The highest BCUT2D eigenvalue weighted by molar-refractivity contribution is 6.11. The SMILES string of the molecule is C=C1c2ccccc2-c2cc(CCCC)c(C(N)=O)c(N3CCN(c4cccc5ccccc45)CC3)c21. The van der Waals surface area contributed by atoms with Crippen molar-refractivity contribution in [2.24, 2.45) is 5.73 Å². The lowest BCUT2D eigenvalue weighted by atomic mass is 9.90. The molecule has 2 aliphatic rings. The molecule has 4 heteroatoms. The lowest BCUT2D eigenvalue weighted by molar-refractivity contribution is 0.1000. The quantitative estimate of drug-likeness (QED) is 0.292. The van der Waals surface area contributed by atoms with Crippen LogP contribution in [0.4, 0.5) is 11.4 Å². The maximum absolute atomic E-state index is 13.0. The first-order valence-corrected chi connectivity index (χ1v) is 13.3. The van der Waals surface area contributed by atoms with E-state index in [1.54, 1.807) is 0 Å². The van der Waals surface area contributed by atoms with Gasteiger partial charge in [0.1, 0.15) is 0 Å². The van der Waals surface area contributed by atoms with E-state index in [2.05, 4.69) is 96.1 Å². The van der Waals surface area contributed by atoms with Crippen LogP contribution in [0.2, 0.25) is 0 Å². The summed E-state index contributed by atoms with van der Waals surface area (Å²) in [4.78, 5) is 17.9. The number of carbonyl (C=O) groups excluding carboxylic acids is 1. The smallest absolute Gasteiger partial charge is 0.251 e. The second kappa shape index (κ2) is 9.44. The van der Waals surface area contributed by atoms with Crippen molar-refractivity contribution >= 4 is 33.6 Å². The molecule has 186 valence electrons. The lowest BCUT2D eigenvalue weighted by Crippen LogP contribution is -2.47. The Labute approximate surface area is 219 Å². The number of fused-ring (bicyclic) bond motifs is 4. The topological polar surface area (TPSA) is 49.6 Å². The van der Waals surface area contributed by atoms with Gasteiger partial charge in [-0.1, -0.05) is 80.6 Å². The van der Waals surface area contributed by atoms with Crippen molar-refractivity contribution in [3.05, 3.63) is 102 Å². The van der Waals surface area contributed by atoms with Gasteiger partial charge in [-0.15, -0.1) is 0 Å². The summed E-state index contributed by atoms with van der Waals surface area (Å²) in [6.07, 6.45) is 2.94. The second-order valence-electron chi connectivity index (χ2n) is 10.1. The normalized spacial score (nSPS) is 14.7. The van der Waals surface area contributed by atoms with Crippen molar-refractivity contribution in [3.8, 4) is 11.1 Å². The number of aryl methyl sites for hydroxylation is 1. The zero-order chi connectivity index (χ0) is 25.5. The summed E-state index contributed by atoms with van der Waals surface area (Å²) in [5, 5.41) is 2.54. The van der Waals surface area contributed by atoms with Crippen LogP contribution in [0, 0.1) is 0 Å². The van der Waals surface area contributed by atoms with E-state index in [1.807, 2.05) is 0 Å². The lowest BCUT2D eigenvalue weighted by Gasteiger charge is -2.39. The van der Waals surface area contributed by atoms with Crippen molar-refractivity contribution in [2.45, 2.75) is 26.2 Å². The third kappa shape index (κ3) is 3.88. The number of hydrogen-bond donors (Lipinski definition) is 1. The summed E-state index contributed by atoms with van der Waals surface area (Å²) in [5.74, 6) is -0.343. The van der Waals surface area contributed by atoms with E-state index in [-0.39, 0.29) is 5.91 Å². The van der Waals surface area contributed by atoms with Gasteiger partial charge < -0.3 is 15.5 Å². The van der Waals surface area contributed by atoms with Crippen LogP contribution >= 0.6 is 0 Å². The van der Waals surface area contributed by atoms with Crippen molar-refractivity contribution in [3.63, 3.8) is 0 Å². The fourth-order valence-corrected chi connectivity index (χ4v) is 6.17. The fraction of sp³-hybridized carbons (Fsp3) is 0.242. The molecule has 2 N–H and O–H groups in total. The summed E-state index contributed by atoms with van der Waals surface area (Å²) in [5.41, 5.74) is 15.7. The van der Waals surface area contributed by atoms with Crippen molar-refractivity contribution in [1.82, 2.24) is 0 Å². The number of nitrogens with two attached hydrogens (primary N) is 1. The van der Waals surface area contributed by atoms with Crippen molar-refractivity contribution in [1.29, 1.82) is 0 Å². The van der Waals surface area contributed by atoms with Gasteiger partial charge in [0.05, 0.1) is 11.3 Å². The number of nitrogens with zero attached hydrogens (tertiary/aromatic N) is 2. The van der Waals surface area contributed by atoms with Crippen LogP contribution in [0.25, 0.3) is 27.5 Å². The standard InChI is InChI=1S/C33H33N3O/c1-3-4-10-24-21-28-27-15-8-7-13-25(27)22(2)30(28)32(31(24)33(34)37)36-19-17-35(18-20-36)29-16-9-12-23-11-5-6-14-26(23)29/h5-9,11-16,21H,2-4,10,17-20H2,1H3,(H2,34,37). The number of amides is 1. The van der Waals surface area contributed by atoms with Gasteiger partial charge in [-0.2, -0.15) is 0 Å². The fourth-order valence-electron chi connectivity index (χ4n) is 6.17. The van der Waals surface area contributed by atoms with Crippen molar-refractivity contribution in [2.75, 3.05) is 36.0 Å². The van der Waals surface area contributed by atoms with Gasteiger partial charge in [-0.25, -0.2) is 0 Å². The van der Waals surface area contributed by atoms with E-state index in [0.717, 1.165) is 73.4 Å². The molecule has 37 heavy (non-hydrogen) atoms. The molecule has 1 amide bonds. The predicted molar refractivity (Wildman–Crippen MR) is 156 cm³/mol. The molecule has 0 atom stereocenters. The van der Waals surface area contributed by atoms with Crippen LogP contribution < -0.4 is 15.5 Å². The Bertz CT molecular complexity index is 1520. The Morgan fingerprint density at radius 2 is 1.54 bits per heavy atom. The molecule has 0 unspecified atom stereocenters. The molecular weight excluding hydrogens is 454 g/mol. The highest BCUT2D eigenvalue weighted by atomic mass is 16.1. The van der Waals surface area contributed by atoms with E-state index >= 15 is 0 Å². The first-order valence-electron chi connectivity index (χ1n) is 13.3. The summed E-state index contributed by atoms with van der Waals surface area (Å²) < 4.78 is 0. The highest BCUT2D eigenvalue weighted by Crippen LogP contribution is 2.50. The first-order chi connectivity index (χ1) is 18.1. The predicted octanol–water partition coefficient (Wildman–Crippen LogP) is 6.65. The van der Waals surface area contributed by atoms with E-state index in [1.165, 1.54) is 27.6 Å². The van der Waals surface area contributed by atoms with E-state index in [4.69, 9.17) is 5.73 Å². The third-order valence-electron chi connectivity index (χ3n) is 7.98. The minimum absolute atomic E-state index is 0.343. The largest absolute Gasteiger partial charge is 0.367 e. The Balaban J connectivity index is 1.42.